The number of pyridine rings is 1. The molecular weight excluding hydrogens is 608 g/mol. The first kappa shape index (κ1) is 29.5. The quantitative estimate of drug-likeness (QED) is 0.184. The Morgan fingerprint density at radius 3 is 2.49 bits per heavy atom. The fourth-order valence-electron chi connectivity index (χ4n) is 4.63. The van der Waals surface area contributed by atoms with Crippen molar-refractivity contribution in [1.82, 2.24) is 19.9 Å². The van der Waals surface area contributed by atoms with Crippen LogP contribution in [-0.2, 0) is 6.54 Å². The van der Waals surface area contributed by atoms with Gasteiger partial charge in [-0.3, -0.25) is 4.98 Å². The number of aromatic nitrogens is 4. The zero-order valence-corrected chi connectivity index (χ0v) is 23.5. The molecule has 1 aromatic carbocycles. The zero-order valence-electron chi connectivity index (χ0n) is 21.2. The SMILES string of the molecule is Cc1nc(NCc2c(Cl)cc(OC(F)(F)F)cc2Cl)nc(NC2CC(CO)C(O)C2O)c1-c1nc2cnccc2s1. The number of anilines is 2. The van der Waals surface area contributed by atoms with Crippen LogP contribution in [0, 0.1) is 12.8 Å². The van der Waals surface area contributed by atoms with Crippen LogP contribution in [0.4, 0.5) is 24.9 Å². The number of hydrogen-bond donors (Lipinski definition) is 5. The highest BCUT2D eigenvalue weighted by Crippen LogP contribution is 2.38. The zero-order chi connectivity index (χ0) is 29.5. The second-order valence-electron chi connectivity index (χ2n) is 9.40. The highest BCUT2D eigenvalue weighted by atomic mass is 35.5. The molecule has 1 fully saturated rings. The van der Waals surface area contributed by atoms with E-state index in [4.69, 9.17) is 23.2 Å². The van der Waals surface area contributed by atoms with E-state index in [1.54, 1.807) is 19.3 Å². The van der Waals surface area contributed by atoms with Crippen LogP contribution in [0.5, 0.6) is 5.75 Å². The van der Waals surface area contributed by atoms with Gasteiger partial charge in [-0.2, -0.15) is 4.98 Å². The van der Waals surface area contributed by atoms with E-state index in [9.17, 15) is 28.5 Å². The summed E-state index contributed by atoms with van der Waals surface area (Å²) < 4.78 is 42.6. The van der Waals surface area contributed by atoms with E-state index < -0.39 is 36.3 Å². The summed E-state index contributed by atoms with van der Waals surface area (Å²) >= 11 is 13.8. The number of hydrogen-bond acceptors (Lipinski definition) is 11. The van der Waals surface area contributed by atoms with Gasteiger partial charge >= 0.3 is 6.36 Å². The number of ether oxygens (including phenoxy) is 1. The molecule has 1 aliphatic carbocycles. The summed E-state index contributed by atoms with van der Waals surface area (Å²) in [6, 6.07) is 3.21. The summed E-state index contributed by atoms with van der Waals surface area (Å²) in [6.07, 6.45) is -3.61. The topological polar surface area (TPSA) is 146 Å². The molecule has 0 amide bonds. The number of aliphatic hydroxyl groups is 3. The van der Waals surface area contributed by atoms with Gasteiger partial charge < -0.3 is 30.7 Å². The number of rotatable bonds is 8. The molecule has 218 valence electrons. The number of alkyl halides is 3. The van der Waals surface area contributed by atoms with Gasteiger partial charge in [-0.25, -0.2) is 9.97 Å². The molecule has 16 heteroatoms. The van der Waals surface area contributed by atoms with Gasteiger partial charge in [0.25, 0.3) is 0 Å². The van der Waals surface area contributed by atoms with Crippen molar-refractivity contribution in [2.75, 3.05) is 17.2 Å². The molecule has 3 aromatic heterocycles. The minimum Gasteiger partial charge on any atom is -0.406 e. The van der Waals surface area contributed by atoms with Crippen LogP contribution in [0.1, 0.15) is 17.7 Å². The fraction of sp³-hybridized carbons (Fsp3) is 0.360. The normalized spacial score (nSPS) is 20.9. The van der Waals surface area contributed by atoms with Gasteiger partial charge in [0.1, 0.15) is 28.2 Å². The molecule has 41 heavy (non-hydrogen) atoms. The summed E-state index contributed by atoms with van der Waals surface area (Å²) in [7, 11) is 0. The van der Waals surface area contributed by atoms with Crippen molar-refractivity contribution in [2.24, 2.45) is 5.92 Å². The first-order valence-electron chi connectivity index (χ1n) is 12.2. The van der Waals surface area contributed by atoms with E-state index in [1.807, 2.05) is 6.07 Å². The Morgan fingerprint density at radius 2 is 1.85 bits per heavy atom. The largest absolute Gasteiger partial charge is 0.573 e. The number of halogens is 5. The van der Waals surface area contributed by atoms with Gasteiger partial charge in [0.15, 0.2) is 0 Å². The predicted molar refractivity (Wildman–Crippen MR) is 148 cm³/mol. The smallest absolute Gasteiger partial charge is 0.406 e. The number of aryl methyl sites for hydroxylation is 1. The van der Waals surface area contributed by atoms with Gasteiger partial charge in [0.2, 0.25) is 5.95 Å². The highest BCUT2D eigenvalue weighted by molar-refractivity contribution is 7.21. The van der Waals surface area contributed by atoms with E-state index in [0.717, 1.165) is 16.8 Å². The Bertz CT molecular complexity index is 1520. The van der Waals surface area contributed by atoms with Crippen LogP contribution in [0.25, 0.3) is 20.8 Å². The fourth-order valence-corrected chi connectivity index (χ4v) is 6.26. The average Bonchev–Trinajstić information content (AvgIpc) is 3.43. The number of aliphatic hydroxyl groups excluding tert-OH is 3. The Hall–Kier alpha value is -3.01. The minimum absolute atomic E-state index is 0.0354. The molecule has 5 rings (SSSR count). The molecule has 5 N–H and O–H groups in total. The van der Waals surface area contributed by atoms with E-state index in [1.165, 1.54) is 11.3 Å². The lowest BCUT2D eigenvalue weighted by Gasteiger charge is -2.21. The monoisotopic (exact) mass is 630 g/mol. The summed E-state index contributed by atoms with van der Waals surface area (Å²) in [6.45, 7) is 1.42. The molecule has 0 spiro atoms. The first-order chi connectivity index (χ1) is 19.4. The van der Waals surface area contributed by atoms with Gasteiger partial charge in [-0.1, -0.05) is 23.2 Å². The molecule has 1 saturated carbocycles. The molecule has 10 nitrogen and oxygen atoms in total. The highest BCUT2D eigenvalue weighted by Gasteiger charge is 2.41. The van der Waals surface area contributed by atoms with E-state index in [0.29, 0.717) is 33.2 Å². The van der Waals surface area contributed by atoms with Crippen molar-refractivity contribution in [1.29, 1.82) is 0 Å². The maximum Gasteiger partial charge on any atom is 0.573 e. The Labute approximate surface area is 245 Å². The summed E-state index contributed by atoms with van der Waals surface area (Å²) in [5.41, 5.74) is 2.06. The van der Waals surface area contributed by atoms with Crippen molar-refractivity contribution in [2.45, 2.75) is 44.5 Å². The van der Waals surface area contributed by atoms with Crippen molar-refractivity contribution < 1.29 is 33.2 Å². The minimum atomic E-state index is -4.90. The molecular formula is C25H23Cl2F3N6O4S. The number of nitrogens with one attached hydrogen (secondary N) is 2. The third kappa shape index (κ3) is 6.42. The molecule has 4 atom stereocenters. The second-order valence-corrected chi connectivity index (χ2v) is 11.2. The summed E-state index contributed by atoms with van der Waals surface area (Å²) in [4.78, 5) is 17.9. The van der Waals surface area contributed by atoms with Crippen LogP contribution in [0.2, 0.25) is 10.0 Å². The van der Waals surface area contributed by atoms with Crippen LogP contribution in [0.15, 0.2) is 30.6 Å². The van der Waals surface area contributed by atoms with Crippen LogP contribution < -0.4 is 15.4 Å². The van der Waals surface area contributed by atoms with Gasteiger partial charge in [0.05, 0.1) is 44.3 Å². The van der Waals surface area contributed by atoms with Crippen molar-refractivity contribution in [3.63, 3.8) is 0 Å². The molecule has 3 heterocycles. The maximum atomic E-state index is 12.6. The molecule has 0 saturated heterocycles. The lowest BCUT2D eigenvalue weighted by atomic mass is 10.1. The van der Waals surface area contributed by atoms with Crippen molar-refractivity contribution >= 4 is 56.5 Å². The maximum absolute atomic E-state index is 12.6. The van der Waals surface area contributed by atoms with Crippen molar-refractivity contribution in [3.8, 4) is 16.3 Å². The lowest BCUT2D eigenvalue weighted by Crippen LogP contribution is -2.35. The van der Waals surface area contributed by atoms with Gasteiger partial charge in [-0.15, -0.1) is 24.5 Å². The number of benzene rings is 1. The number of nitrogens with zero attached hydrogens (tertiary/aromatic N) is 4. The number of thiazole rings is 1. The van der Waals surface area contributed by atoms with Crippen LogP contribution >= 0.6 is 34.5 Å². The lowest BCUT2D eigenvalue weighted by molar-refractivity contribution is -0.274. The Balaban J connectivity index is 1.47. The first-order valence-corrected chi connectivity index (χ1v) is 13.8. The average molecular weight is 631 g/mol. The third-order valence-electron chi connectivity index (χ3n) is 6.62. The summed E-state index contributed by atoms with van der Waals surface area (Å²) in [5, 5.41) is 37.2. The van der Waals surface area contributed by atoms with Gasteiger partial charge in [0, 0.05) is 30.8 Å². The molecule has 4 aromatic rings. The van der Waals surface area contributed by atoms with Crippen LogP contribution in [0.3, 0.4) is 0 Å². The molecule has 1 aliphatic rings. The van der Waals surface area contributed by atoms with Gasteiger partial charge in [-0.05, 0) is 31.5 Å². The third-order valence-corrected chi connectivity index (χ3v) is 8.35. The molecule has 0 aliphatic heterocycles. The van der Waals surface area contributed by atoms with E-state index in [2.05, 4.69) is 35.3 Å². The Morgan fingerprint density at radius 1 is 1.12 bits per heavy atom. The predicted octanol–water partition coefficient (Wildman–Crippen LogP) is 4.79. The Kier molecular flexibility index (Phi) is 8.41. The summed E-state index contributed by atoms with van der Waals surface area (Å²) in [5.74, 6) is -0.628. The molecule has 0 radical (unpaired) electrons. The second kappa shape index (κ2) is 11.7. The molecule has 0 bridgehead atoms. The van der Waals surface area contributed by atoms with Crippen LogP contribution in [-0.4, -0.2) is 66.5 Å². The van der Waals surface area contributed by atoms with E-state index in [-0.39, 0.29) is 35.6 Å². The van der Waals surface area contributed by atoms with Crippen molar-refractivity contribution in [3.05, 3.63) is 51.9 Å². The number of fused-ring (bicyclic) bond motifs is 1. The van der Waals surface area contributed by atoms with E-state index >= 15 is 0 Å². The standard InChI is InChI=1S/C25H23Cl2F3N6O4S/c1-10-19(23-35-17-8-31-3-2-18(17)41-23)22(34-16-4-11(9-37)20(38)21(16)39)36-24(33-10)32-7-13-14(26)5-12(6-15(13)27)40-25(28,29)30/h2-3,5-6,8,11,16,20-21,37-39H,4,7,9H2,1H3,(H2,32,33,34,36). The molecule has 4 unspecified atom stereocenters.